The number of nitrogens with one attached hydrogen (secondary N) is 1. The minimum absolute atomic E-state index is 0.153. The highest BCUT2D eigenvalue weighted by Crippen LogP contribution is 2.28. The summed E-state index contributed by atoms with van der Waals surface area (Å²) in [6.07, 6.45) is 1.80. The number of aromatic nitrogens is 2. The van der Waals surface area contributed by atoms with Crippen LogP contribution in [0.5, 0.6) is 0 Å². The number of hydrogen-bond acceptors (Lipinski definition) is 6. The normalized spacial score (nSPS) is 11.6. The van der Waals surface area contributed by atoms with Gasteiger partial charge in [0.1, 0.15) is 5.82 Å². The number of ketones is 1. The monoisotopic (exact) mass is 480 g/mol. The number of benzene rings is 2. The van der Waals surface area contributed by atoms with Crippen LogP contribution in [0.3, 0.4) is 0 Å². The van der Waals surface area contributed by atoms with Crippen molar-refractivity contribution in [3.05, 3.63) is 59.0 Å². The van der Waals surface area contributed by atoms with Gasteiger partial charge < -0.3 is 4.90 Å². The lowest BCUT2D eigenvalue weighted by Gasteiger charge is -2.19. The molecule has 1 N–H and O–H groups in total. The van der Waals surface area contributed by atoms with Crippen molar-refractivity contribution in [2.45, 2.75) is 27.2 Å². The quantitative estimate of drug-likeness (QED) is 0.363. The van der Waals surface area contributed by atoms with Crippen molar-refractivity contribution >= 4 is 38.3 Å². The van der Waals surface area contributed by atoms with Gasteiger partial charge in [-0.15, -0.1) is 0 Å². The molecule has 0 radical (unpaired) electrons. The number of carbonyl (C=O) groups excluding carboxylic acids is 1. The third-order valence-electron chi connectivity index (χ3n) is 5.00. The summed E-state index contributed by atoms with van der Waals surface area (Å²) in [5, 5.41) is 0. The Balaban J connectivity index is 2.08. The molecule has 0 unspecified atom stereocenters. The predicted molar refractivity (Wildman–Crippen MR) is 121 cm³/mol. The third-order valence-corrected chi connectivity index (χ3v) is 6.48. The molecule has 0 saturated carbocycles. The molecular formula is C22H23F3N4O3S. The van der Waals surface area contributed by atoms with Gasteiger partial charge in [0.05, 0.1) is 34.2 Å². The van der Waals surface area contributed by atoms with E-state index in [4.69, 9.17) is 0 Å². The summed E-state index contributed by atoms with van der Waals surface area (Å²) in [7, 11) is -4.00. The predicted octanol–water partition coefficient (Wildman–Crippen LogP) is 4.28. The fourth-order valence-corrected chi connectivity index (χ4v) is 4.48. The van der Waals surface area contributed by atoms with Gasteiger partial charge in [0.2, 0.25) is 10.0 Å². The number of sulfonamides is 1. The molecule has 33 heavy (non-hydrogen) atoms. The van der Waals surface area contributed by atoms with Crippen molar-refractivity contribution in [2.24, 2.45) is 0 Å². The highest BCUT2D eigenvalue weighted by atomic mass is 32.2. The van der Waals surface area contributed by atoms with Crippen LogP contribution in [0.25, 0.3) is 11.0 Å². The molecule has 1 heterocycles. The van der Waals surface area contributed by atoms with E-state index in [1.165, 1.54) is 18.2 Å². The Hall–Kier alpha value is -3.21. The number of anilines is 2. The lowest BCUT2D eigenvalue weighted by molar-refractivity contribution is 0.103. The first-order valence-corrected chi connectivity index (χ1v) is 12.0. The second-order valence-electron chi connectivity index (χ2n) is 7.26. The van der Waals surface area contributed by atoms with Gasteiger partial charge in [-0.3, -0.25) is 14.5 Å². The van der Waals surface area contributed by atoms with Crippen molar-refractivity contribution < 1.29 is 26.4 Å². The molecule has 0 aliphatic carbocycles. The second-order valence-corrected chi connectivity index (χ2v) is 9.10. The van der Waals surface area contributed by atoms with E-state index in [9.17, 15) is 22.0 Å². The number of fused-ring (bicyclic) bond motifs is 1. The van der Waals surface area contributed by atoms with Crippen LogP contribution in [0.1, 0.15) is 43.1 Å². The number of carbonyl (C=O) groups is 1. The molecule has 2 aromatic carbocycles. The molecule has 3 rings (SSSR count). The maximum atomic E-state index is 15.0. The summed E-state index contributed by atoms with van der Waals surface area (Å²) < 4.78 is 69.5. The highest BCUT2D eigenvalue weighted by molar-refractivity contribution is 7.92. The molecular weight excluding hydrogens is 457 g/mol. The molecule has 0 saturated heterocycles. The van der Waals surface area contributed by atoms with E-state index in [0.717, 1.165) is 0 Å². The summed E-state index contributed by atoms with van der Waals surface area (Å²) in [6.45, 7) is 6.82. The zero-order valence-corrected chi connectivity index (χ0v) is 19.1. The van der Waals surface area contributed by atoms with Crippen LogP contribution >= 0.6 is 0 Å². The Morgan fingerprint density at radius 3 is 2.36 bits per heavy atom. The zero-order chi connectivity index (χ0) is 24.3. The van der Waals surface area contributed by atoms with Crippen molar-refractivity contribution in [3.63, 3.8) is 0 Å². The molecule has 176 valence electrons. The topological polar surface area (TPSA) is 92.3 Å². The minimum Gasteiger partial charge on any atom is -0.356 e. The van der Waals surface area contributed by atoms with Crippen LogP contribution in [-0.2, 0) is 10.0 Å². The van der Waals surface area contributed by atoms with Crippen LogP contribution < -0.4 is 9.62 Å². The van der Waals surface area contributed by atoms with Gasteiger partial charge in [-0.25, -0.2) is 26.6 Å². The summed E-state index contributed by atoms with van der Waals surface area (Å²) in [5.74, 6) is -5.71. The third kappa shape index (κ3) is 5.08. The first-order chi connectivity index (χ1) is 15.6. The number of rotatable bonds is 9. The summed E-state index contributed by atoms with van der Waals surface area (Å²) in [5.41, 5.74) is -1.42. The molecule has 0 aliphatic rings. The van der Waals surface area contributed by atoms with Crippen molar-refractivity contribution in [2.75, 3.05) is 28.5 Å². The first-order valence-electron chi connectivity index (χ1n) is 10.4. The lowest BCUT2D eigenvalue weighted by Crippen LogP contribution is -2.23. The van der Waals surface area contributed by atoms with Crippen LogP contribution in [-0.4, -0.2) is 43.0 Å². The molecule has 11 heteroatoms. The van der Waals surface area contributed by atoms with E-state index < -0.39 is 44.5 Å². The fourth-order valence-electron chi connectivity index (χ4n) is 3.35. The Morgan fingerprint density at radius 2 is 1.73 bits per heavy atom. The summed E-state index contributed by atoms with van der Waals surface area (Å²) in [4.78, 5) is 23.7. The molecule has 0 amide bonds. The molecule has 0 fully saturated rings. The standard InChI is InChI=1S/C22H23F3N4O3S/c1-4-9-33(31,32)28-17-11-14(23)20(24)19(21(17)25)22(30)13-7-8-15-16(10-13)27-18(12-26-15)29(5-2)6-3/h7-8,10-12,28H,4-6,9H2,1-3H3. The first kappa shape index (κ1) is 24.4. The SMILES string of the molecule is CCCS(=O)(=O)Nc1cc(F)c(F)c(C(=O)c2ccc3ncc(N(CC)CC)nc3c2)c1F. The van der Waals surface area contributed by atoms with E-state index in [2.05, 4.69) is 9.97 Å². The average molecular weight is 481 g/mol. The Labute approximate surface area is 189 Å². The number of nitrogens with zero attached hydrogens (tertiary/aromatic N) is 3. The molecule has 7 nitrogen and oxygen atoms in total. The lowest BCUT2D eigenvalue weighted by atomic mass is 10.0. The largest absolute Gasteiger partial charge is 0.356 e. The Bertz CT molecular complexity index is 1310. The maximum absolute atomic E-state index is 15.0. The van der Waals surface area contributed by atoms with E-state index >= 15 is 4.39 Å². The van der Waals surface area contributed by atoms with E-state index in [0.29, 0.717) is 36.0 Å². The molecule has 0 bridgehead atoms. The average Bonchev–Trinajstić information content (AvgIpc) is 2.77. The van der Waals surface area contributed by atoms with E-state index in [1.807, 2.05) is 23.5 Å². The van der Waals surface area contributed by atoms with Crippen LogP contribution in [0.4, 0.5) is 24.7 Å². The van der Waals surface area contributed by atoms with Crippen LogP contribution in [0, 0.1) is 17.5 Å². The van der Waals surface area contributed by atoms with Gasteiger partial charge >= 0.3 is 0 Å². The smallest absolute Gasteiger partial charge is 0.232 e. The van der Waals surface area contributed by atoms with Crippen molar-refractivity contribution in [1.29, 1.82) is 0 Å². The van der Waals surface area contributed by atoms with Gasteiger partial charge in [-0.1, -0.05) is 6.92 Å². The van der Waals surface area contributed by atoms with Gasteiger partial charge in [0.15, 0.2) is 23.2 Å². The Morgan fingerprint density at radius 1 is 1.03 bits per heavy atom. The summed E-state index contributed by atoms with van der Waals surface area (Å²) >= 11 is 0. The highest BCUT2D eigenvalue weighted by Gasteiger charge is 2.27. The van der Waals surface area contributed by atoms with Gasteiger partial charge in [-0.2, -0.15) is 0 Å². The molecule has 0 spiro atoms. The van der Waals surface area contributed by atoms with Crippen molar-refractivity contribution in [3.8, 4) is 0 Å². The van der Waals surface area contributed by atoms with Gasteiger partial charge in [0.25, 0.3) is 0 Å². The van der Waals surface area contributed by atoms with Gasteiger partial charge in [0, 0.05) is 24.7 Å². The number of halogens is 3. The maximum Gasteiger partial charge on any atom is 0.232 e. The van der Waals surface area contributed by atoms with Gasteiger partial charge in [-0.05, 0) is 38.5 Å². The minimum atomic E-state index is -4.00. The molecule has 0 aliphatic heterocycles. The second kappa shape index (κ2) is 9.74. The number of hydrogen-bond donors (Lipinski definition) is 1. The fraction of sp³-hybridized carbons (Fsp3) is 0.318. The molecule has 0 atom stereocenters. The van der Waals surface area contributed by atoms with E-state index in [-0.39, 0.29) is 17.7 Å². The Kier molecular flexibility index (Phi) is 7.21. The zero-order valence-electron chi connectivity index (χ0n) is 18.3. The molecule has 3 aromatic rings. The van der Waals surface area contributed by atoms with E-state index in [1.54, 1.807) is 13.1 Å². The van der Waals surface area contributed by atoms with Crippen molar-refractivity contribution in [1.82, 2.24) is 9.97 Å². The van der Waals surface area contributed by atoms with Crippen LogP contribution in [0.2, 0.25) is 0 Å². The summed E-state index contributed by atoms with van der Waals surface area (Å²) in [6, 6.07) is 4.43. The molecule has 1 aromatic heterocycles. The van der Waals surface area contributed by atoms with Crippen LogP contribution in [0.15, 0.2) is 30.5 Å².